The third-order valence-corrected chi connectivity index (χ3v) is 4.77. The molecule has 2 aliphatic heterocycles. The van der Waals surface area contributed by atoms with Gasteiger partial charge in [-0.3, -0.25) is 9.58 Å². The molecule has 1 aromatic rings. The summed E-state index contributed by atoms with van der Waals surface area (Å²) in [5.74, 6) is 1.06. The zero-order valence-corrected chi connectivity index (χ0v) is 13.2. The van der Waals surface area contributed by atoms with Gasteiger partial charge in [-0.15, -0.1) is 0 Å². The van der Waals surface area contributed by atoms with Gasteiger partial charge in [-0.2, -0.15) is 5.10 Å². The highest BCUT2D eigenvalue weighted by Crippen LogP contribution is 2.24. The number of likely N-dealkylation sites (N-methyl/N-ethyl adjacent to an activating group) is 1. The van der Waals surface area contributed by atoms with Gasteiger partial charge in [0.2, 0.25) is 0 Å². The molecule has 0 radical (unpaired) electrons. The van der Waals surface area contributed by atoms with Crippen LogP contribution in [0.15, 0.2) is 6.33 Å². The minimum absolute atomic E-state index is 0.246. The van der Waals surface area contributed by atoms with Gasteiger partial charge >= 0.3 is 0 Å². The Kier molecular flexibility index (Phi) is 4.87. The lowest BCUT2D eigenvalue weighted by Crippen LogP contribution is -2.54. The molecular formula is C15H27N5O. The summed E-state index contributed by atoms with van der Waals surface area (Å²) in [6.45, 7) is 6.25. The highest BCUT2D eigenvalue weighted by atomic mass is 16.5. The fourth-order valence-corrected chi connectivity index (χ4v) is 3.55. The van der Waals surface area contributed by atoms with E-state index < -0.39 is 0 Å². The summed E-state index contributed by atoms with van der Waals surface area (Å²) in [7, 11) is 2.02. The minimum Gasteiger partial charge on any atom is -0.374 e. The van der Waals surface area contributed by atoms with Gasteiger partial charge in [0.1, 0.15) is 12.2 Å². The second-order valence-corrected chi connectivity index (χ2v) is 6.16. The van der Waals surface area contributed by atoms with E-state index in [0.717, 1.165) is 38.4 Å². The van der Waals surface area contributed by atoms with Gasteiger partial charge in [-0.25, -0.2) is 4.98 Å². The van der Waals surface area contributed by atoms with Crippen molar-refractivity contribution >= 4 is 0 Å². The summed E-state index contributed by atoms with van der Waals surface area (Å²) < 4.78 is 8.15. The minimum atomic E-state index is 0.246. The van der Waals surface area contributed by atoms with Crippen molar-refractivity contribution in [2.75, 3.05) is 26.7 Å². The molecule has 6 nitrogen and oxygen atoms in total. The fraction of sp³-hybridized carbons (Fsp3) is 0.867. The Balaban J connectivity index is 1.63. The van der Waals surface area contributed by atoms with Crippen LogP contribution in [-0.4, -0.2) is 64.6 Å². The van der Waals surface area contributed by atoms with Crippen LogP contribution in [-0.2, 0) is 17.7 Å². The summed E-state index contributed by atoms with van der Waals surface area (Å²) in [6.07, 6.45) is 6.47. The van der Waals surface area contributed by atoms with Gasteiger partial charge in [-0.1, -0.05) is 6.92 Å². The van der Waals surface area contributed by atoms with E-state index in [1.54, 1.807) is 6.33 Å². The van der Waals surface area contributed by atoms with Gasteiger partial charge in [0.05, 0.1) is 12.7 Å². The second-order valence-electron chi connectivity index (χ2n) is 6.16. The Bertz CT molecular complexity index is 449. The van der Waals surface area contributed by atoms with Crippen LogP contribution in [0.2, 0.25) is 0 Å². The summed E-state index contributed by atoms with van der Waals surface area (Å²) in [6, 6.07) is 0.953. The van der Waals surface area contributed by atoms with Gasteiger partial charge in [0.25, 0.3) is 0 Å². The lowest BCUT2D eigenvalue weighted by Gasteiger charge is -2.38. The Hall–Kier alpha value is -0.980. The Labute approximate surface area is 126 Å². The quantitative estimate of drug-likeness (QED) is 0.836. The molecule has 6 heteroatoms. The van der Waals surface area contributed by atoms with Crippen molar-refractivity contribution in [3.8, 4) is 0 Å². The van der Waals surface area contributed by atoms with Crippen LogP contribution in [0.3, 0.4) is 0 Å². The zero-order valence-electron chi connectivity index (χ0n) is 13.2. The van der Waals surface area contributed by atoms with E-state index in [9.17, 15) is 0 Å². The van der Waals surface area contributed by atoms with E-state index in [1.807, 2.05) is 11.7 Å². The molecule has 3 atom stereocenters. The third-order valence-electron chi connectivity index (χ3n) is 4.77. The average molecular weight is 293 g/mol. The van der Waals surface area contributed by atoms with Crippen LogP contribution in [0.1, 0.15) is 32.0 Å². The normalized spacial score (nSPS) is 27.7. The van der Waals surface area contributed by atoms with Gasteiger partial charge in [0.15, 0.2) is 0 Å². The summed E-state index contributed by atoms with van der Waals surface area (Å²) >= 11 is 0. The van der Waals surface area contributed by atoms with Crippen LogP contribution in [0.25, 0.3) is 0 Å². The summed E-state index contributed by atoms with van der Waals surface area (Å²) in [5.41, 5.74) is 0. The zero-order chi connectivity index (χ0) is 14.7. The van der Waals surface area contributed by atoms with Crippen molar-refractivity contribution in [2.24, 2.45) is 0 Å². The number of hydrogen-bond acceptors (Lipinski definition) is 5. The topological polar surface area (TPSA) is 55.2 Å². The van der Waals surface area contributed by atoms with E-state index in [4.69, 9.17) is 4.74 Å². The first-order chi connectivity index (χ1) is 10.3. The molecule has 21 heavy (non-hydrogen) atoms. The molecule has 3 unspecified atom stereocenters. The lowest BCUT2D eigenvalue weighted by molar-refractivity contribution is -0.0637. The number of nitrogens with zero attached hydrogens (tertiary/aromatic N) is 4. The highest BCUT2D eigenvalue weighted by Gasteiger charge is 2.35. The molecule has 0 amide bonds. The number of fused-ring (bicyclic) bond motifs is 1. The first kappa shape index (κ1) is 14.9. The lowest BCUT2D eigenvalue weighted by atomic mass is 10.0. The van der Waals surface area contributed by atoms with Crippen LogP contribution in [0, 0.1) is 0 Å². The van der Waals surface area contributed by atoms with E-state index >= 15 is 0 Å². The van der Waals surface area contributed by atoms with Crippen molar-refractivity contribution in [2.45, 2.75) is 57.3 Å². The maximum Gasteiger partial charge on any atom is 0.138 e. The molecule has 0 saturated carbocycles. The second kappa shape index (κ2) is 6.85. The monoisotopic (exact) mass is 293 g/mol. The Morgan fingerprint density at radius 1 is 1.52 bits per heavy atom. The average Bonchev–Trinajstić information content (AvgIpc) is 3.13. The largest absolute Gasteiger partial charge is 0.374 e. The number of aromatic nitrogens is 3. The molecule has 1 N–H and O–H groups in total. The standard InChI is InChI=1S/C15H27N5O/c1-3-6-20-15(17-11-18-20)8-13(16-2)14-9-19-7-4-5-12(19)10-21-14/h11-14,16H,3-10H2,1-2H3. The summed E-state index contributed by atoms with van der Waals surface area (Å²) in [5, 5.41) is 7.74. The molecular weight excluding hydrogens is 266 g/mol. The number of rotatable bonds is 6. The highest BCUT2D eigenvalue weighted by molar-refractivity contribution is 4.96. The van der Waals surface area contributed by atoms with Crippen molar-refractivity contribution < 1.29 is 4.74 Å². The Morgan fingerprint density at radius 3 is 3.24 bits per heavy atom. The first-order valence-corrected chi connectivity index (χ1v) is 8.21. The van der Waals surface area contributed by atoms with Crippen molar-refractivity contribution in [3.63, 3.8) is 0 Å². The first-order valence-electron chi connectivity index (χ1n) is 8.21. The fourth-order valence-electron chi connectivity index (χ4n) is 3.55. The maximum absolute atomic E-state index is 6.13. The number of ether oxygens (including phenoxy) is 1. The molecule has 3 rings (SSSR count). The molecule has 1 aromatic heterocycles. The number of morpholine rings is 1. The number of nitrogens with one attached hydrogen (secondary N) is 1. The summed E-state index contributed by atoms with van der Waals surface area (Å²) in [4.78, 5) is 7.02. The predicted molar refractivity (Wildman–Crippen MR) is 81.2 cm³/mol. The van der Waals surface area contributed by atoms with Crippen molar-refractivity contribution in [3.05, 3.63) is 12.2 Å². The molecule has 2 aliphatic rings. The van der Waals surface area contributed by atoms with Gasteiger partial charge in [-0.05, 0) is 32.9 Å². The van der Waals surface area contributed by atoms with Crippen molar-refractivity contribution in [1.82, 2.24) is 25.0 Å². The van der Waals surface area contributed by atoms with Crippen LogP contribution in [0.4, 0.5) is 0 Å². The molecule has 118 valence electrons. The van der Waals surface area contributed by atoms with E-state index in [1.165, 1.54) is 19.4 Å². The van der Waals surface area contributed by atoms with Crippen LogP contribution in [0.5, 0.6) is 0 Å². The molecule has 0 aromatic carbocycles. The molecule has 3 heterocycles. The predicted octanol–water partition coefficient (Wildman–Crippen LogP) is 0.682. The number of aryl methyl sites for hydroxylation is 1. The van der Waals surface area contributed by atoms with E-state index in [-0.39, 0.29) is 6.10 Å². The van der Waals surface area contributed by atoms with E-state index in [2.05, 4.69) is 27.2 Å². The van der Waals surface area contributed by atoms with E-state index in [0.29, 0.717) is 12.1 Å². The van der Waals surface area contributed by atoms with Gasteiger partial charge < -0.3 is 10.1 Å². The van der Waals surface area contributed by atoms with Gasteiger partial charge in [0, 0.05) is 31.6 Å². The smallest absolute Gasteiger partial charge is 0.138 e. The molecule has 0 spiro atoms. The van der Waals surface area contributed by atoms with Crippen LogP contribution < -0.4 is 5.32 Å². The molecule has 2 saturated heterocycles. The number of hydrogen-bond donors (Lipinski definition) is 1. The SMILES string of the molecule is CCCn1ncnc1CC(NC)C1CN2CCCC2CO1. The third kappa shape index (κ3) is 3.27. The molecule has 0 bridgehead atoms. The maximum atomic E-state index is 6.13. The van der Waals surface area contributed by atoms with Crippen molar-refractivity contribution in [1.29, 1.82) is 0 Å². The molecule has 2 fully saturated rings. The Morgan fingerprint density at radius 2 is 2.43 bits per heavy atom. The molecule has 0 aliphatic carbocycles. The van der Waals surface area contributed by atoms with Crippen LogP contribution >= 0.6 is 0 Å².